The van der Waals surface area contributed by atoms with Crippen molar-refractivity contribution in [1.82, 2.24) is 10.2 Å². The van der Waals surface area contributed by atoms with Gasteiger partial charge in [-0.3, -0.25) is 10.1 Å². The van der Waals surface area contributed by atoms with Crippen molar-refractivity contribution in [1.29, 1.82) is 0 Å². The largest absolute Gasteiger partial charge is 0.459 e. The normalized spacial score (nSPS) is 11.0. The van der Waals surface area contributed by atoms with Crippen LogP contribution in [0.2, 0.25) is 0 Å². The molecule has 0 saturated heterocycles. The highest BCUT2D eigenvalue weighted by Gasteiger charge is 2.20. The first-order chi connectivity index (χ1) is 10.9. The van der Waals surface area contributed by atoms with Crippen LogP contribution in [0.1, 0.15) is 11.9 Å². The predicted octanol–water partition coefficient (Wildman–Crippen LogP) is 1.01. The molecule has 0 aliphatic rings. The summed E-state index contributed by atoms with van der Waals surface area (Å²) in [7, 11) is -3.55. The lowest BCUT2D eigenvalue weighted by atomic mass is 10.4. The number of esters is 1. The van der Waals surface area contributed by atoms with Crippen molar-refractivity contribution in [2.45, 2.75) is 17.6 Å². The molecule has 0 radical (unpaired) electrons. The number of benzene rings is 1. The zero-order chi connectivity index (χ0) is 16.9. The van der Waals surface area contributed by atoms with E-state index in [0.29, 0.717) is 0 Å². The second kappa shape index (κ2) is 7.29. The second-order valence-electron chi connectivity index (χ2n) is 4.25. The number of hydrogen-bond donors (Lipinski definition) is 1. The Morgan fingerprint density at radius 1 is 1.22 bits per heavy atom. The molecule has 0 saturated carbocycles. The van der Waals surface area contributed by atoms with Crippen molar-refractivity contribution >= 4 is 38.2 Å². The molecular weight excluding hydrogens is 342 g/mol. The van der Waals surface area contributed by atoms with Crippen LogP contribution in [0.5, 0.6) is 0 Å². The summed E-state index contributed by atoms with van der Waals surface area (Å²) in [5.41, 5.74) is 0. The van der Waals surface area contributed by atoms with Crippen LogP contribution < -0.4 is 5.32 Å². The summed E-state index contributed by atoms with van der Waals surface area (Å²) in [4.78, 5) is 22.8. The van der Waals surface area contributed by atoms with Gasteiger partial charge in [0.25, 0.3) is 0 Å². The first-order valence-corrected chi connectivity index (χ1v) is 8.97. The van der Waals surface area contributed by atoms with E-state index in [1.807, 2.05) is 0 Å². The third-order valence-corrected chi connectivity index (χ3v) is 5.23. The van der Waals surface area contributed by atoms with Crippen LogP contribution in [0.15, 0.2) is 35.2 Å². The van der Waals surface area contributed by atoms with E-state index in [9.17, 15) is 18.0 Å². The van der Waals surface area contributed by atoms with Crippen molar-refractivity contribution < 1.29 is 22.7 Å². The van der Waals surface area contributed by atoms with Crippen molar-refractivity contribution in [2.75, 3.05) is 11.9 Å². The first kappa shape index (κ1) is 17.0. The van der Waals surface area contributed by atoms with E-state index in [1.165, 1.54) is 12.1 Å². The van der Waals surface area contributed by atoms with E-state index < -0.39 is 21.7 Å². The van der Waals surface area contributed by atoms with Gasteiger partial charge in [-0.2, -0.15) is 0 Å². The highest BCUT2D eigenvalue weighted by atomic mass is 32.2. The van der Waals surface area contributed by atoms with E-state index in [4.69, 9.17) is 0 Å². The van der Waals surface area contributed by atoms with Gasteiger partial charge >= 0.3 is 11.9 Å². The number of nitrogens with one attached hydrogen (secondary N) is 1. The standard InChI is InChI=1S/C13H13N3O5S2/c1-2-21-12(18)11(17)14-13-16-15-10(22-13)8-23(19,20)9-6-4-3-5-7-9/h3-7H,2,8H2,1H3,(H,14,16,17). The number of hydrogen-bond acceptors (Lipinski definition) is 8. The number of anilines is 1. The molecule has 0 atom stereocenters. The number of rotatable bonds is 5. The van der Waals surface area contributed by atoms with Gasteiger partial charge in [0.15, 0.2) is 9.84 Å². The molecule has 23 heavy (non-hydrogen) atoms. The Labute approximate surface area is 136 Å². The van der Waals surface area contributed by atoms with E-state index in [1.54, 1.807) is 25.1 Å². The third-order valence-electron chi connectivity index (χ3n) is 2.56. The van der Waals surface area contributed by atoms with Crippen molar-refractivity contribution in [3.05, 3.63) is 35.3 Å². The van der Waals surface area contributed by atoms with Gasteiger partial charge in [0, 0.05) is 0 Å². The Balaban J connectivity index is 2.05. The molecule has 0 fully saturated rings. The zero-order valence-corrected chi connectivity index (χ0v) is 13.7. The van der Waals surface area contributed by atoms with Gasteiger partial charge in [0.2, 0.25) is 5.13 Å². The Hall–Kier alpha value is -2.33. The Morgan fingerprint density at radius 3 is 2.57 bits per heavy atom. The minimum atomic E-state index is -3.55. The lowest BCUT2D eigenvalue weighted by Crippen LogP contribution is -2.24. The molecule has 2 rings (SSSR count). The van der Waals surface area contributed by atoms with Crippen molar-refractivity contribution in [2.24, 2.45) is 0 Å². The molecule has 1 aromatic heterocycles. The topological polar surface area (TPSA) is 115 Å². The van der Waals surface area contributed by atoms with Gasteiger partial charge in [-0.15, -0.1) is 10.2 Å². The maximum Gasteiger partial charge on any atom is 0.397 e. The van der Waals surface area contributed by atoms with E-state index in [0.717, 1.165) is 11.3 Å². The van der Waals surface area contributed by atoms with Crippen molar-refractivity contribution in [3.8, 4) is 0 Å². The van der Waals surface area contributed by atoms with E-state index in [-0.39, 0.29) is 27.4 Å². The summed E-state index contributed by atoms with van der Waals surface area (Å²) < 4.78 is 28.9. The number of aromatic nitrogens is 2. The molecule has 8 nitrogen and oxygen atoms in total. The van der Waals surface area contributed by atoms with Crippen molar-refractivity contribution in [3.63, 3.8) is 0 Å². The van der Waals surface area contributed by atoms with Crippen LogP contribution in [0, 0.1) is 0 Å². The number of amides is 1. The van der Waals surface area contributed by atoms with Crippen LogP contribution >= 0.6 is 11.3 Å². The molecular formula is C13H13N3O5S2. The molecule has 0 aliphatic carbocycles. The lowest BCUT2D eigenvalue weighted by molar-refractivity contribution is -0.152. The van der Waals surface area contributed by atoms with Crippen LogP contribution in [-0.2, 0) is 29.9 Å². The average molecular weight is 355 g/mol. The third kappa shape index (κ3) is 4.57. The fraction of sp³-hybridized carbons (Fsp3) is 0.231. The number of nitrogens with zero attached hydrogens (tertiary/aromatic N) is 2. The SMILES string of the molecule is CCOC(=O)C(=O)Nc1nnc(CS(=O)(=O)c2ccccc2)s1. The zero-order valence-electron chi connectivity index (χ0n) is 12.1. The van der Waals surface area contributed by atoms with Gasteiger partial charge < -0.3 is 4.74 Å². The lowest BCUT2D eigenvalue weighted by Gasteiger charge is -2.01. The number of carbonyl (C=O) groups is 2. The monoisotopic (exact) mass is 355 g/mol. The maximum atomic E-state index is 12.2. The van der Waals surface area contributed by atoms with E-state index >= 15 is 0 Å². The second-order valence-corrected chi connectivity index (χ2v) is 7.30. The fourth-order valence-corrected chi connectivity index (χ4v) is 3.93. The summed E-state index contributed by atoms with van der Waals surface area (Å²) in [6.07, 6.45) is 0. The smallest absolute Gasteiger partial charge is 0.397 e. The molecule has 0 spiro atoms. The number of ether oxygens (including phenoxy) is 1. The van der Waals surface area contributed by atoms with Gasteiger partial charge in [-0.1, -0.05) is 29.5 Å². The van der Waals surface area contributed by atoms with E-state index in [2.05, 4.69) is 20.3 Å². The van der Waals surface area contributed by atoms with Crippen LogP contribution in [0.4, 0.5) is 5.13 Å². The first-order valence-electron chi connectivity index (χ1n) is 6.50. The molecule has 1 amide bonds. The molecule has 0 bridgehead atoms. The Morgan fingerprint density at radius 2 is 1.91 bits per heavy atom. The minimum Gasteiger partial charge on any atom is -0.459 e. The minimum absolute atomic E-state index is 0.0290. The molecule has 122 valence electrons. The molecule has 1 heterocycles. The van der Waals surface area contributed by atoms with Gasteiger partial charge in [-0.25, -0.2) is 13.2 Å². The summed E-state index contributed by atoms with van der Waals surface area (Å²) >= 11 is 0.877. The summed E-state index contributed by atoms with van der Waals surface area (Å²) in [6.45, 7) is 1.64. The van der Waals surface area contributed by atoms with Gasteiger partial charge in [-0.05, 0) is 19.1 Å². The summed E-state index contributed by atoms with van der Waals surface area (Å²) in [5.74, 6) is -2.37. The predicted molar refractivity (Wildman–Crippen MR) is 82.5 cm³/mol. The Kier molecular flexibility index (Phi) is 5.40. The number of sulfone groups is 1. The average Bonchev–Trinajstić information content (AvgIpc) is 2.94. The quantitative estimate of drug-likeness (QED) is 0.628. The fourth-order valence-electron chi connectivity index (χ4n) is 1.58. The van der Waals surface area contributed by atoms with Crippen LogP contribution in [-0.4, -0.2) is 37.1 Å². The maximum absolute atomic E-state index is 12.2. The van der Waals surface area contributed by atoms with Gasteiger partial charge in [0.1, 0.15) is 10.8 Å². The van der Waals surface area contributed by atoms with Gasteiger partial charge in [0.05, 0.1) is 11.5 Å². The molecule has 10 heteroatoms. The molecule has 2 aromatic rings. The molecule has 1 aromatic carbocycles. The highest BCUT2D eigenvalue weighted by molar-refractivity contribution is 7.90. The molecule has 0 aliphatic heterocycles. The van der Waals surface area contributed by atoms with Crippen LogP contribution in [0.25, 0.3) is 0 Å². The number of carbonyl (C=O) groups excluding carboxylic acids is 2. The summed E-state index contributed by atoms with van der Waals surface area (Å²) in [5, 5.41) is 9.79. The molecule has 0 unspecified atom stereocenters. The van der Waals surface area contributed by atoms with Crippen LogP contribution in [0.3, 0.4) is 0 Å². The molecule has 1 N–H and O–H groups in total. The Bertz CT molecular complexity index is 802. The highest BCUT2D eigenvalue weighted by Crippen LogP contribution is 2.21. The summed E-state index contributed by atoms with van der Waals surface area (Å²) in [6, 6.07) is 7.93.